The number of nitrogens with one attached hydrogen (secondary N) is 1. The first-order chi connectivity index (χ1) is 13.6. The van der Waals surface area contributed by atoms with Crippen LogP contribution in [0.1, 0.15) is 54.2 Å². The van der Waals surface area contributed by atoms with Crippen molar-refractivity contribution in [2.75, 3.05) is 11.4 Å². The van der Waals surface area contributed by atoms with Gasteiger partial charge in [-0.05, 0) is 57.6 Å². The predicted octanol–water partition coefficient (Wildman–Crippen LogP) is 2.48. The third-order valence-corrected chi connectivity index (χ3v) is 6.45. The highest BCUT2D eigenvalue weighted by Gasteiger charge is 2.31. The zero-order valence-corrected chi connectivity index (χ0v) is 16.2. The van der Waals surface area contributed by atoms with E-state index in [0.717, 1.165) is 61.5 Å². The fourth-order valence-corrected chi connectivity index (χ4v) is 4.31. The molecule has 0 bridgehead atoms. The van der Waals surface area contributed by atoms with Gasteiger partial charge < -0.3 is 15.3 Å². The number of amides is 1. The molecule has 2 aromatic rings. The van der Waals surface area contributed by atoms with E-state index >= 15 is 0 Å². The molecule has 1 saturated carbocycles. The summed E-state index contributed by atoms with van der Waals surface area (Å²) in [5.74, 6) is 0.690. The summed E-state index contributed by atoms with van der Waals surface area (Å²) in [7, 11) is 0. The minimum atomic E-state index is -0.418. The molecule has 2 N–H and O–H groups in total. The number of aromatic nitrogens is 2. The van der Waals surface area contributed by atoms with E-state index < -0.39 is 6.10 Å². The number of anilines is 1. The number of aliphatic hydroxyl groups excluding tert-OH is 1. The summed E-state index contributed by atoms with van der Waals surface area (Å²) in [4.78, 5) is 24.7. The van der Waals surface area contributed by atoms with Crippen molar-refractivity contribution in [1.29, 1.82) is 0 Å². The lowest BCUT2D eigenvalue weighted by Gasteiger charge is -2.39. The van der Waals surface area contributed by atoms with Crippen LogP contribution in [0.15, 0.2) is 24.3 Å². The third kappa shape index (κ3) is 2.96. The molecule has 1 saturated heterocycles. The summed E-state index contributed by atoms with van der Waals surface area (Å²) in [6.07, 6.45) is 5.46. The van der Waals surface area contributed by atoms with Crippen LogP contribution in [0.5, 0.6) is 0 Å². The molecule has 3 aliphatic rings. The number of carbonyl (C=O) groups excluding carboxylic acids is 1. The van der Waals surface area contributed by atoms with E-state index in [2.05, 4.69) is 17.1 Å². The molecule has 6 heteroatoms. The maximum Gasteiger partial charge on any atom is 0.251 e. The van der Waals surface area contributed by atoms with Gasteiger partial charge in [-0.25, -0.2) is 9.97 Å². The summed E-state index contributed by atoms with van der Waals surface area (Å²) < 4.78 is 0. The SMILES string of the molecule is C[C@@H]1CCN1c1nc2c(c(-c3cccc(C(=O)N[C@H]4CC[C@H]4O)c3)n1)CCC2. The Hall–Kier alpha value is -2.47. The van der Waals surface area contributed by atoms with E-state index in [1.807, 2.05) is 24.3 Å². The predicted molar refractivity (Wildman–Crippen MR) is 107 cm³/mol. The number of carbonyl (C=O) groups is 1. The van der Waals surface area contributed by atoms with Crippen LogP contribution < -0.4 is 10.2 Å². The first-order valence-electron chi connectivity index (χ1n) is 10.4. The Kier molecular flexibility index (Phi) is 4.31. The summed E-state index contributed by atoms with van der Waals surface area (Å²) in [6.45, 7) is 3.21. The lowest BCUT2D eigenvalue weighted by Crippen LogP contribution is -2.50. The first-order valence-corrected chi connectivity index (χ1v) is 10.4. The zero-order valence-electron chi connectivity index (χ0n) is 16.2. The second-order valence-electron chi connectivity index (χ2n) is 8.29. The normalized spacial score (nSPS) is 25.6. The molecular formula is C22H26N4O2. The van der Waals surface area contributed by atoms with Crippen LogP contribution in [-0.2, 0) is 12.8 Å². The number of fused-ring (bicyclic) bond motifs is 1. The second-order valence-corrected chi connectivity index (χ2v) is 8.29. The fraction of sp³-hybridized carbons (Fsp3) is 0.500. The third-order valence-electron chi connectivity index (χ3n) is 6.45. The number of rotatable bonds is 4. The molecular weight excluding hydrogens is 352 g/mol. The molecule has 2 heterocycles. The van der Waals surface area contributed by atoms with E-state index in [4.69, 9.17) is 9.97 Å². The molecule has 2 fully saturated rings. The van der Waals surface area contributed by atoms with Gasteiger partial charge in [-0.2, -0.15) is 0 Å². The van der Waals surface area contributed by atoms with E-state index in [1.54, 1.807) is 0 Å². The number of hydrogen-bond donors (Lipinski definition) is 2. The van der Waals surface area contributed by atoms with Gasteiger partial charge in [0.1, 0.15) is 0 Å². The highest BCUT2D eigenvalue weighted by Crippen LogP contribution is 2.34. The molecule has 1 aliphatic heterocycles. The number of nitrogens with zero attached hydrogens (tertiary/aromatic N) is 3. The summed E-state index contributed by atoms with van der Waals surface area (Å²) in [5.41, 5.74) is 4.93. The number of aliphatic hydroxyl groups is 1. The Morgan fingerprint density at radius 3 is 2.79 bits per heavy atom. The molecule has 1 aromatic heterocycles. The molecule has 1 amide bonds. The van der Waals surface area contributed by atoms with Crippen LogP contribution >= 0.6 is 0 Å². The lowest BCUT2D eigenvalue weighted by atomic mass is 9.89. The molecule has 1 aromatic carbocycles. The van der Waals surface area contributed by atoms with Crippen molar-refractivity contribution >= 4 is 11.9 Å². The van der Waals surface area contributed by atoms with Crippen molar-refractivity contribution in [3.05, 3.63) is 41.1 Å². The van der Waals surface area contributed by atoms with Crippen molar-refractivity contribution in [1.82, 2.24) is 15.3 Å². The van der Waals surface area contributed by atoms with Gasteiger partial charge in [0.15, 0.2) is 0 Å². The van der Waals surface area contributed by atoms with Gasteiger partial charge in [0.25, 0.3) is 5.91 Å². The molecule has 0 unspecified atom stereocenters. The smallest absolute Gasteiger partial charge is 0.251 e. The van der Waals surface area contributed by atoms with Gasteiger partial charge in [0.05, 0.1) is 17.8 Å². The standard InChI is InChI=1S/C22H26N4O2/c1-13-10-11-26(13)22-24-17-7-3-6-16(17)20(25-22)14-4-2-5-15(12-14)21(28)23-18-8-9-19(18)27/h2,4-5,12-13,18-19,27H,3,6-11H2,1H3,(H,23,28)/t13-,18+,19-/m1/s1. The Morgan fingerprint density at radius 2 is 2.11 bits per heavy atom. The highest BCUT2D eigenvalue weighted by molar-refractivity contribution is 5.95. The van der Waals surface area contributed by atoms with E-state index in [1.165, 1.54) is 12.0 Å². The monoisotopic (exact) mass is 378 g/mol. The van der Waals surface area contributed by atoms with Gasteiger partial charge in [-0.1, -0.05) is 12.1 Å². The van der Waals surface area contributed by atoms with Crippen LogP contribution in [0.2, 0.25) is 0 Å². The highest BCUT2D eigenvalue weighted by atomic mass is 16.3. The fourth-order valence-electron chi connectivity index (χ4n) is 4.31. The molecule has 3 atom stereocenters. The largest absolute Gasteiger partial charge is 0.391 e. The molecule has 28 heavy (non-hydrogen) atoms. The Labute approximate surface area is 165 Å². The number of benzene rings is 1. The topological polar surface area (TPSA) is 78.4 Å². The first kappa shape index (κ1) is 17.6. The maximum absolute atomic E-state index is 12.6. The van der Waals surface area contributed by atoms with Gasteiger partial charge in [0.2, 0.25) is 5.95 Å². The Morgan fingerprint density at radius 1 is 1.21 bits per heavy atom. The van der Waals surface area contributed by atoms with E-state index in [-0.39, 0.29) is 11.9 Å². The van der Waals surface area contributed by atoms with Gasteiger partial charge >= 0.3 is 0 Å². The van der Waals surface area contributed by atoms with E-state index in [9.17, 15) is 9.90 Å². The molecule has 146 valence electrons. The lowest BCUT2D eigenvalue weighted by molar-refractivity contribution is 0.0447. The van der Waals surface area contributed by atoms with E-state index in [0.29, 0.717) is 11.6 Å². The quantitative estimate of drug-likeness (QED) is 0.855. The van der Waals surface area contributed by atoms with Gasteiger partial charge in [0, 0.05) is 35.0 Å². The minimum Gasteiger partial charge on any atom is -0.391 e. The second kappa shape index (κ2) is 6.85. The average Bonchev–Trinajstić information content (AvgIpc) is 3.17. The van der Waals surface area contributed by atoms with Crippen LogP contribution in [0.4, 0.5) is 5.95 Å². The van der Waals surface area contributed by atoms with Crippen LogP contribution in [0.3, 0.4) is 0 Å². The van der Waals surface area contributed by atoms with Crippen LogP contribution in [0.25, 0.3) is 11.3 Å². The van der Waals surface area contributed by atoms with Crippen LogP contribution in [0, 0.1) is 0 Å². The van der Waals surface area contributed by atoms with Crippen molar-refractivity contribution < 1.29 is 9.90 Å². The van der Waals surface area contributed by atoms with Crippen molar-refractivity contribution in [3.63, 3.8) is 0 Å². The zero-order chi connectivity index (χ0) is 19.3. The minimum absolute atomic E-state index is 0.126. The number of aryl methyl sites for hydroxylation is 1. The van der Waals surface area contributed by atoms with Crippen molar-refractivity contribution in [3.8, 4) is 11.3 Å². The van der Waals surface area contributed by atoms with Gasteiger partial charge in [-0.15, -0.1) is 0 Å². The molecule has 0 radical (unpaired) electrons. The maximum atomic E-state index is 12.6. The summed E-state index contributed by atoms with van der Waals surface area (Å²) in [5, 5.41) is 12.7. The Balaban J connectivity index is 1.48. The average molecular weight is 378 g/mol. The van der Waals surface area contributed by atoms with Crippen molar-refractivity contribution in [2.45, 2.75) is 63.6 Å². The number of hydrogen-bond acceptors (Lipinski definition) is 5. The molecule has 6 nitrogen and oxygen atoms in total. The Bertz CT molecular complexity index is 929. The summed E-state index contributed by atoms with van der Waals surface area (Å²) in [6, 6.07) is 8.04. The van der Waals surface area contributed by atoms with Crippen LogP contribution in [-0.4, -0.2) is 45.7 Å². The molecule has 0 spiro atoms. The summed E-state index contributed by atoms with van der Waals surface area (Å²) >= 11 is 0. The van der Waals surface area contributed by atoms with Gasteiger partial charge in [-0.3, -0.25) is 4.79 Å². The molecule has 5 rings (SSSR count). The van der Waals surface area contributed by atoms with Crippen molar-refractivity contribution in [2.24, 2.45) is 0 Å². The molecule has 2 aliphatic carbocycles.